The summed E-state index contributed by atoms with van der Waals surface area (Å²) in [5.41, 5.74) is 9.04. The Morgan fingerprint density at radius 1 is 1.55 bits per heavy atom. The Bertz CT molecular complexity index is 583. The summed E-state index contributed by atoms with van der Waals surface area (Å²) in [6, 6.07) is 0. The summed E-state index contributed by atoms with van der Waals surface area (Å²) in [4.78, 5) is 20.0. The molecule has 0 radical (unpaired) electrons. The molecule has 3 N–H and O–H groups in total. The van der Waals surface area contributed by atoms with Gasteiger partial charge < -0.3 is 10.8 Å². The highest BCUT2D eigenvalue weighted by Gasteiger charge is 2.25. The van der Waals surface area contributed by atoms with Crippen LogP contribution in [-0.4, -0.2) is 29.5 Å². The molecule has 2 aliphatic rings. The van der Waals surface area contributed by atoms with E-state index in [4.69, 9.17) is 10.8 Å². The molecule has 1 heterocycles. The summed E-state index contributed by atoms with van der Waals surface area (Å²) < 4.78 is 0. The van der Waals surface area contributed by atoms with E-state index < -0.39 is 5.91 Å². The summed E-state index contributed by atoms with van der Waals surface area (Å²) >= 11 is 0. The molecule has 5 heteroatoms. The number of hydrogen-bond donors (Lipinski definition) is 2. The zero-order valence-electron chi connectivity index (χ0n) is 13.0. The molecule has 0 aromatic rings. The van der Waals surface area contributed by atoms with Crippen molar-refractivity contribution in [3.63, 3.8) is 0 Å². The second-order valence-electron chi connectivity index (χ2n) is 5.55. The second-order valence-corrected chi connectivity index (χ2v) is 5.55. The number of aliphatic imine (C=N–C) groups is 2. The first-order valence-electron chi connectivity index (χ1n) is 7.69. The van der Waals surface area contributed by atoms with Crippen LogP contribution in [0.2, 0.25) is 0 Å². The van der Waals surface area contributed by atoms with Gasteiger partial charge in [-0.15, -0.1) is 0 Å². The third-order valence-corrected chi connectivity index (χ3v) is 3.91. The first-order valence-corrected chi connectivity index (χ1v) is 7.69. The Morgan fingerprint density at radius 3 is 3.05 bits per heavy atom. The normalized spacial score (nSPS) is 22.0. The number of fused-ring (bicyclic) bond motifs is 1. The lowest BCUT2D eigenvalue weighted by Crippen LogP contribution is -2.28. The van der Waals surface area contributed by atoms with Gasteiger partial charge in [0.15, 0.2) is 0 Å². The summed E-state index contributed by atoms with van der Waals surface area (Å²) in [6.07, 6.45) is 11.7. The molecule has 5 nitrogen and oxygen atoms in total. The predicted octanol–water partition coefficient (Wildman–Crippen LogP) is 2.28. The maximum atomic E-state index is 11.2. The molecule has 1 amide bonds. The first kappa shape index (κ1) is 16.4. The number of primary amides is 1. The lowest BCUT2D eigenvalue weighted by Gasteiger charge is -2.26. The van der Waals surface area contributed by atoms with Gasteiger partial charge in [0.1, 0.15) is 5.71 Å². The highest BCUT2D eigenvalue weighted by molar-refractivity contribution is 6.38. The Morgan fingerprint density at radius 2 is 2.36 bits per heavy atom. The molecule has 0 aromatic carbocycles. The Hall–Kier alpha value is -2.01. The zero-order chi connectivity index (χ0) is 15.9. The van der Waals surface area contributed by atoms with Gasteiger partial charge >= 0.3 is 0 Å². The van der Waals surface area contributed by atoms with Crippen molar-refractivity contribution >= 4 is 17.8 Å². The van der Waals surface area contributed by atoms with Gasteiger partial charge in [0, 0.05) is 36.6 Å². The van der Waals surface area contributed by atoms with Crippen molar-refractivity contribution in [1.29, 1.82) is 0 Å². The summed E-state index contributed by atoms with van der Waals surface area (Å²) in [7, 11) is 0. The third-order valence-electron chi connectivity index (χ3n) is 3.91. The summed E-state index contributed by atoms with van der Waals surface area (Å²) in [6.45, 7) is 2.03. The van der Waals surface area contributed by atoms with E-state index in [0.717, 1.165) is 30.7 Å². The van der Waals surface area contributed by atoms with Crippen LogP contribution >= 0.6 is 0 Å². The Balaban J connectivity index is 2.11. The van der Waals surface area contributed by atoms with Crippen molar-refractivity contribution in [3.05, 3.63) is 35.2 Å². The number of aliphatic hydroxyl groups excluding tert-OH is 1. The van der Waals surface area contributed by atoms with Gasteiger partial charge in [0.05, 0.1) is 0 Å². The van der Waals surface area contributed by atoms with Crippen LogP contribution in [0.4, 0.5) is 0 Å². The maximum absolute atomic E-state index is 11.2. The van der Waals surface area contributed by atoms with Gasteiger partial charge in [-0.1, -0.05) is 17.7 Å². The number of rotatable bonds is 6. The minimum atomic E-state index is -0.416. The lowest BCUT2D eigenvalue weighted by molar-refractivity contribution is -0.112. The van der Waals surface area contributed by atoms with Gasteiger partial charge in [-0.2, -0.15) is 0 Å². The summed E-state index contributed by atoms with van der Waals surface area (Å²) in [5, 5.41) is 8.94. The molecule has 1 atom stereocenters. The van der Waals surface area contributed by atoms with E-state index in [1.165, 1.54) is 5.57 Å². The second kappa shape index (κ2) is 7.84. The smallest absolute Gasteiger partial charge is 0.263 e. The SMILES string of the molecule is CC=N/C(=C\CCO)CC1=CC=C2N=C(C(N)=O)CCC2C1. The van der Waals surface area contributed by atoms with E-state index in [1.54, 1.807) is 6.21 Å². The quantitative estimate of drug-likeness (QED) is 0.737. The molecule has 0 aromatic heterocycles. The van der Waals surface area contributed by atoms with Crippen LogP contribution in [0.1, 0.15) is 39.0 Å². The van der Waals surface area contributed by atoms with Crippen molar-refractivity contribution in [3.8, 4) is 0 Å². The fourth-order valence-electron chi connectivity index (χ4n) is 2.84. The molecule has 22 heavy (non-hydrogen) atoms. The van der Waals surface area contributed by atoms with Crippen LogP contribution < -0.4 is 5.73 Å². The predicted molar refractivity (Wildman–Crippen MR) is 88.7 cm³/mol. The van der Waals surface area contributed by atoms with E-state index in [-0.39, 0.29) is 6.61 Å². The topological polar surface area (TPSA) is 88.0 Å². The molecule has 1 aliphatic heterocycles. The maximum Gasteiger partial charge on any atom is 0.263 e. The van der Waals surface area contributed by atoms with Gasteiger partial charge in [-0.3, -0.25) is 14.8 Å². The molecule has 0 saturated heterocycles. The van der Waals surface area contributed by atoms with Crippen LogP contribution in [0, 0.1) is 5.92 Å². The van der Waals surface area contributed by atoms with E-state index >= 15 is 0 Å². The van der Waals surface area contributed by atoms with Crippen molar-refractivity contribution in [2.75, 3.05) is 6.61 Å². The van der Waals surface area contributed by atoms with Gasteiger partial charge in [-0.25, -0.2) is 0 Å². The molecule has 0 saturated carbocycles. The van der Waals surface area contributed by atoms with E-state index in [2.05, 4.69) is 16.1 Å². The lowest BCUT2D eigenvalue weighted by atomic mass is 9.83. The van der Waals surface area contributed by atoms with Gasteiger partial charge in [0.25, 0.3) is 5.91 Å². The Kier molecular flexibility index (Phi) is 5.83. The molecule has 0 bridgehead atoms. The molecule has 2 rings (SSSR count). The van der Waals surface area contributed by atoms with Crippen molar-refractivity contribution < 1.29 is 9.90 Å². The third kappa shape index (κ3) is 4.24. The standard InChI is InChI=1S/C17H23N3O2/c1-2-19-14(4-3-9-21)11-12-5-7-15-13(10-12)6-8-16(20-15)17(18)22/h2,4-5,7,13,21H,3,6,8-11H2,1H3,(H2,18,22)/b14-4-,19-2?. The van der Waals surface area contributed by atoms with E-state index in [9.17, 15) is 4.79 Å². The highest BCUT2D eigenvalue weighted by atomic mass is 16.2. The molecule has 0 fully saturated rings. The number of hydrogen-bond acceptors (Lipinski definition) is 4. The fraction of sp³-hybridized carbons (Fsp3) is 0.471. The fourth-order valence-corrected chi connectivity index (χ4v) is 2.84. The highest BCUT2D eigenvalue weighted by Crippen LogP contribution is 2.35. The first-order chi connectivity index (χ1) is 10.6. The van der Waals surface area contributed by atoms with Gasteiger partial charge in [-0.05, 0) is 38.7 Å². The molecule has 1 unspecified atom stereocenters. The van der Waals surface area contributed by atoms with Crippen LogP contribution in [-0.2, 0) is 4.79 Å². The van der Waals surface area contributed by atoms with Crippen molar-refractivity contribution in [2.45, 2.75) is 39.0 Å². The average Bonchev–Trinajstić information content (AvgIpc) is 2.52. The number of nitrogens with two attached hydrogens (primary N) is 1. The van der Waals surface area contributed by atoms with Crippen LogP contribution in [0.3, 0.4) is 0 Å². The average molecular weight is 301 g/mol. The Labute approximate surface area is 131 Å². The number of allylic oxidation sites excluding steroid dienone is 4. The minimum Gasteiger partial charge on any atom is -0.396 e. The van der Waals surface area contributed by atoms with E-state index in [0.29, 0.717) is 24.5 Å². The zero-order valence-corrected chi connectivity index (χ0v) is 13.0. The van der Waals surface area contributed by atoms with Crippen LogP contribution in [0.15, 0.2) is 45.2 Å². The largest absolute Gasteiger partial charge is 0.396 e. The van der Waals surface area contributed by atoms with Crippen molar-refractivity contribution in [2.24, 2.45) is 21.6 Å². The molecule has 118 valence electrons. The molecular formula is C17H23N3O2. The van der Waals surface area contributed by atoms with E-state index in [1.807, 2.05) is 19.1 Å². The molecule has 0 spiro atoms. The number of nitrogens with zero attached hydrogens (tertiary/aromatic N) is 2. The number of carbonyl (C=O) groups excluding carboxylic acids is 1. The monoisotopic (exact) mass is 301 g/mol. The number of aliphatic hydroxyl groups is 1. The van der Waals surface area contributed by atoms with Crippen LogP contribution in [0.5, 0.6) is 0 Å². The molecular weight excluding hydrogens is 278 g/mol. The molecule has 1 aliphatic carbocycles. The number of carbonyl (C=O) groups is 1. The number of amides is 1. The summed E-state index contributed by atoms with van der Waals surface area (Å²) in [5.74, 6) is -0.0477. The van der Waals surface area contributed by atoms with Crippen LogP contribution in [0.25, 0.3) is 0 Å². The minimum absolute atomic E-state index is 0.138. The van der Waals surface area contributed by atoms with Crippen molar-refractivity contribution in [1.82, 2.24) is 0 Å². The van der Waals surface area contributed by atoms with Gasteiger partial charge in [0.2, 0.25) is 0 Å².